The highest BCUT2D eigenvalue weighted by atomic mass is 35.5. The Bertz CT molecular complexity index is 1090. The molecule has 4 rings (SSSR count). The Balaban J connectivity index is 1.47. The number of pyridine rings is 1. The first-order valence-corrected chi connectivity index (χ1v) is 11.2. The summed E-state index contributed by atoms with van der Waals surface area (Å²) >= 11 is 5.90. The van der Waals surface area contributed by atoms with Crippen molar-refractivity contribution in [2.75, 3.05) is 23.7 Å². The second-order valence-corrected chi connectivity index (χ2v) is 8.26. The van der Waals surface area contributed by atoms with Crippen molar-refractivity contribution in [1.29, 1.82) is 0 Å². The highest BCUT2D eigenvalue weighted by Crippen LogP contribution is 2.33. The van der Waals surface area contributed by atoms with Crippen LogP contribution >= 0.6 is 11.6 Å². The fraction of sp³-hybridized carbons (Fsp3) is 0.240. The molecular weight excluding hydrogens is 440 g/mol. The molecule has 1 aromatic heterocycles. The molecule has 1 aliphatic rings. The number of carbonyl (C=O) groups excluding carboxylic acids is 2. The summed E-state index contributed by atoms with van der Waals surface area (Å²) in [6.45, 7) is 1.77. The van der Waals surface area contributed by atoms with Gasteiger partial charge in [0.05, 0.1) is 11.4 Å². The van der Waals surface area contributed by atoms with Gasteiger partial charge in [0, 0.05) is 28.9 Å². The number of ether oxygens (including phenoxy) is 1. The fourth-order valence-electron chi connectivity index (χ4n) is 3.89. The summed E-state index contributed by atoms with van der Waals surface area (Å²) in [6.07, 6.45) is 4.26. The van der Waals surface area contributed by atoms with Gasteiger partial charge in [0.15, 0.2) is 0 Å². The number of benzene rings is 2. The average Bonchev–Trinajstić information content (AvgIpc) is 2.85. The first kappa shape index (κ1) is 22.8. The molecule has 3 aromatic rings. The predicted octanol–water partition coefficient (Wildman–Crippen LogP) is 5.28. The number of nitrogens with one attached hydrogen (secondary N) is 3. The Morgan fingerprint density at radius 3 is 2.24 bits per heavy atom. The van der Waals surface area contributed by atoms with Crippen molar-refractivity contribution < 1.29 is 14.3 Å². The maximum absolute atomic E-state index is 12.9. The maximum atomic E-state index is 12.9. The van der Waals surface area contributed by atoms with E-state index in [0.717, 1.165) is 31.5 Å². The van der Waals surface area contributed by atoms with Crippen LogP contribution in [-0.2, 0) is 4.74 Å². The van der Waals surface area contributed by atoms with Crippen LogP contribution in [0.3, 0.4) is 0 Å². The molecule has 8 heteroatoms. The van der Waals surface area contributed by atoms with Gasteiger partial charge in [0.25, 0.3) is 5.91 Å². The van der Waals surface area contributed by atoms with Crippen LogP contribution in [0, 0.1) is 5.92 Å². The minimum atomic E-state index is -0.580. The molecule has 2 amide bonds. The van der Waals surface area contributed by atoms with Gasteiger partial charge in [-0.15, -0.1) is 0 Å². The third-order valence-electron chi connectivity index (χ3n) is 5.60. The zero-order valence-corrected chi connectivity index (χ0v) is 18.7. The van der Waals surface area contributed by atoms with Crippen LogP contribution in [0.1, 0.15) is 34.9 Å². The Hall–Kier alpha value is -3.42. The van der Waals surface area contributed by atoms with E-state index in [1.165, 1.54) is 0 Å². The summed E-state index contributed by atoms with van der Waals surface area (Å²) in [5.41, 5.74) is 2.29. The molecule has 0 spiro atoms. The number of carbonyl (C=O) groups is 2. The number of aromatic nitrogens is 1. The van der Waals surface area contributed by atoms with E-state index >= 15 is 0 Å². The molecule has 33 heavy (non-hydrogen) atoms. The second-order valence-electron chi connectivity index (χ2n) is 7.83. The Morgan fingerprint density at radius 2 is 1.58 bits per heavy atom. The summed E-state index contributed by atoms with van der Waals surface area (Å²) < 4.78 is 5.90. The SMILES string of the molecule is O=C(Nc1ccccc1NC(=O)c1ccc(Cl)cc1)OC(c1ccncc1)C1CCNCC1. The average molecular weight is 465 g/mol. The van der Waals surface area contributed by atoms with Crippen LogP contribution < -0.4 is 16.0 Å². The zero-order chi connectivity index (χ0) is 23.0. The lowest BCUT2D eigenvalue weighted by Gasteiger charge is -2.30. The summed E-state index contributed by atoms with van der Waals surface area (Å²) in [6, 6.07) is 17.3. The minimum absolute atomic E-state index is 0.208. The van der Waals surface area contributed by atoms with Crippen molar-refractivity contribution >= 4 is 35.0 Å². The highest BCUT2D eigenvalue weighted by molar-refractivity contribution is 6.30. The van der Waals surface area contributed by atoms with E-state index in [2.05, 4.69) is 20.9 Å². The number of para-hydroxylation sites is 2. The van der Waals surface area contributed by atoms with Gasteiger partial charge < -0.3 is 15.4 Å². The predicted molar refractivity (Wildman–Crippen MR) is 129 cm³/mol. The standard InChI is InChI=1S/C25H25ClN4O3/c26-20-7-5-19(6-8-20)24(31)29-21-3-1-2-4-22(21)30-25(32)33-23(17-9-13-27-14-10-17)18-11-15-28-16-12-18/h1-10,13-14,18,23,28H,11-12,15-16H2,(H,29,31)(H,30,32). The molecule has 2 heterocycles. The third kappa shape index (κ3) is 6.09. The van der Waals surface area contributed by atoms with Crippen LogP contribution in [0.4, 0.5) is 16.2 Å². The Labute approximate surface area is 197 Å². The number of nitrogens with zero attached hydrogens (tertiary/aromatic N) is 1. The zero-order valence-electron chi connectivity index (χ0n) is 18.0. The van der Waals surface area contributed by atoms with Gasteiger partial charge in [-0.05, 0) is 80.0 Å². The lowest BCUT2D eigenvalue weighted by Crippen LogP contribution is -2.33. The molecule has 0 bridgehead atoms. The summed E-state index contributed by atoms with van der Waals surface area (Å²) in [5, 5.41) is 9.51. The van der Waals surface area contributed by atoms with E-state index in [1.54, 1.807) is 60.9 Å². The molecule has 0 radical (unpaired) electrons. The topological polar surface area (TPSA) is 92.4 Å². The van der Waals surface area contributed by atoms with Crippen LogP contribution in [0.25, 0.3) is 0 Å². The van der Waals surface area contributed by atoms with E-state index in [0.29, 0.717) is 22.0 Å². The maximum Gasteiger partial charge on any atom is 0.412 e. The quantitative estimate of drug-likeness (QED) is 0.461. The molecule has 3 N–H and O–H groups in total. The van der Waals surface area contributed by atoms with Gasteiger partial charge in [0.2, 0.25) is 0 Å². The summed E-state index contributed by atoms with van der Waals surface area (Å²) in [7, 11) is 0. The molecule has 7 nitrogen and oxygen atoms in total. The number of amides is 2. The normalized spacial score (nSPS) is 14.8. The van der Waals surface area contributed by atoms with Gasteiger partial charge >= 0.3 is 6.09 Å². The lowest BCUT2D eigenvalue weighted by molar-refractivity contribution is 0.0591. The van der Waals surface area contributed by atoms with E-state index in [4.69, 9.17) is 16.3 Å². The number of halogens is 1. The molecule has 1 fully saturated rings. The number of rotatable bonds is 6. The molecule has 0 saturated carbocycles. The van der Waals surface area contributed by atoms with Crippen molar-refractivity contribution in [1.82, 2.24) is 10.3 Å². The van der Waals surface area contributed by atoms with E-state index in [1.807, 2.05) is 12.1 Å². The molecule has 1 saturated heterocycles. The van der Waals surface area contributed by atoms with Crippen molar-refractivity contribution in [2.24, 2.45) is 5.92 Å². The first-order chi connectivity index (χ1) is 16.1. The number of hydrogen-bond donors (Lipinski definition) is 3. The molecular formula is C25H25ClN4O3. The van der Waals surface area contributed by atoms with Gasteiger partial charge in [-0.3, -0.25) is 15.1 Å². The number of hydrogen-bond acceptors (Lipinski definition) is 5. The van der Waals surface area contributed by atoms with Gasteiger partial charge in [-0.2, -0.15) is 0 Å². The Morgan fingerprint density at radius 1 is 0.939 bits per heavy atom. The minimum Gasteiger partial charge on any atom is -0.441 e. The highest BCUT2D eigenvalue weighted by Gasteiger charge is 2.28. The largest absolute Gasteiger partial charge is 0.441 e. The van der Waals surface area contributed by atoms with Crippen LogP contribution in [0.15, 0.2) is 73.1 Å². The van der Waals surface area contributed by atoms with Crippen molar-refractivity contribution in [3.63, 3.8) is 0 Å². The third-order valence-corrected chi connectivity index (χ3v) is 5.85. The van der Waals surface area contributed by atoms with Crippen molar-refractivity contribution in [3.05, 3.63) is 89.2 Å². The Kier molecular flexibility index (Phi) is 7.55. The summed E-state index contributed by atoms with van der Waals surface area (Å²) in [5.74, 6) is -0.0992. The lowest BCUT2D eigenvalue weighted by atomic mass is 9.88. The van der Waals surface area contributed by atoms with Crippen molar-refractivity contribution in [2.45, 2.75) is 18.9 Å². The number of piperidine rings is 1. The van der Waals surface area contributed by atoms with E-state index < -0.39 is 6.09 Å². The van der Waals surface area contributed by atoms with E-state index in [-0.39, 0.29) is 17.9 Å². The second kappa shape index (κ2) is 10.9. The van der Waals surface area contributed by atoms with Crippen molar-refractivity contribution in [3.8, 4) is 0 Å². The molecule has 2 aromatic carbocycles. The van der Waals surface area contributed by atoms with Gasteiger partial charge in [-0.25, -0.2) is 4.79 Å². The smallest absolute Gasteiger partial charge is 0.412 e. The monoisotopic (exact) mass is 464 g/mol. The molecule has 1 aliphatic heterocycles. The van der Waals surface area contributed by atoms with Crippen LogP contribution in [0.2, 0.25) is 5.02 Å². The first-order valence-electron chi connectivity index (χ1n) is 10.8. The van der Waals surface area contributed by atoms with Gasteiger partial charge in [-0.1, -0.05) is 23.7 Å². The van der Waals surface area contributed by atoms with E-state index in [9.17, 15) is 9.59 Å². The summed E-state index contributed by atoms with van der Waals surface area (Å²) in [4.78, 5) is 29.6. The number of anilines is 2. The van der Waals surface area contributed by atoms with Crippen LogP contribution in [0.5, 0.6) is 0 Å². The molecule has 0 aliphatic carbocycles. The molecule has 1 unspecified atom stereocenters. The van der Waals surface area contributed by atoms with Gasteiger partial charge in [0.1, 0.15) is 6.10 Å². The van der Waals surface area contributed by atoms with Crippen LogP contribution in [-0.4, -0.2) is 30.1 Å². The molecule has 170 valence electrons. The fourth-order valence-corrected chi connectivity index (χ4v) is 4.01. The molecule has 1 atom stereocenters.